The van der Waals surface area contributed by atoms with Gasteiger partial charge in [0.05, 0.1) is 13.2 Å². The maximum Gasteiger partial charge on any atom is 0.187 e. The van der Waals surface area contributed by atoms with Crippen LogP contribution in [0.1, 0.15) is 19.8 Å². The topological polar surface area (TPSA) is 219 Å². The van der Waals surface area contributed by atoms with Crippen LogP contribution in [0.25, 0.3) is 0 Å². The van der Waals surface area contributed by atoms with E-state index in [1.807, 2.05) is 0 Å². The molecule has 0 spiro atoms. The van der Waals surface area contributed by atoms with Crippen LogP contribution in [0.2, 0.25) is 0 Å². The molecule has 2 saturated heterocycles. The number of hydrogen-bond donors (Lipinski definition) is 9. The lowest BCUT2D eigenvalue weighted by Gasteiger charge is -2.43. The lowest BCUT2D eigenvalue weighted by Crippen LogP contribution is -2.62. The largest absolute Gasteiger partial charge is 0.396 e. The molecule has 0 radical (unpaired) electrons. The van der Waals surface area contributed by atoms with Crippen LogP contribution in [0.4, 0.5) is 0 Å². The maximum atomic E-state index is 10.6. The van der Waals surface area contributed by atoms with Crippen molar-refractivity contribution in [3.63, 3.8) is 0 Å². The minimum absolute atomic E-state index is 0.0522. The lowest BCUT2D eigenvalue weighted by atomic mass is 9.98. The molecule has 2 aliphatic rings. The van der Waals surface area contributed by atoms with Crippen LogP contribution in [0.5, 0.6) is 0 Å². The molecule has 13 nitrogen and oxygen atoms in total. The molecular weight excluding hydrogens is 520 g/mol. The lowest BCUT2D eigenvalue weighted by molar-refractivity contribution is -0.335. The SMILES string of the molecule is C/C=C/C#CC#CC(O)C(/C=C/CCCO)OC1OC(COC2OC(CO)C(O)C(O)C2O)C(O)C(O)C1O. The van der Waals surface area contributed by atoms with Crippen molar-refractivity contribution in [3.8, 4) is 23.7 Å². The monoisotopic (exact) mass is 558 g/mol. The van der Waals surface area contributed by atoms with Crippen molar-refractivity contribution in [1.29, 1.82) is 0 Å². The Bertz CT molecular complexity index is 901. The van der Waals surface area contributed by atoms with E-state index in [-0.39, 0.29) is 6.61 Å². The van der Waals surface area contributed by atoms with Crippen molar-refractivity contribution in [1.82, 2.24) is 0 Å². The minimum atomic E-state index is -1.76. The molecule has 0 saturated carbocycles. The van der Waals surface area contributed by atoms with Gasteiger partial charge in [-0.05, 0) is 37.7 Å². The molecule has 12 unspecified atom stereocenters. The van der Waals surface area contributed by atoms with Gasteiger partial charge in [-0.1, -0.05) is 30.1 Å². The molecule has 0 bridgehead atoms. The van der Waals surface area contributed by atoms with Gasteiger partial charge in [0.25, 0.3) is 0 Å². The van der Waals surface area contributed by atoms with Crippen molar-refractivity contribution in [2.45, 2.75) is 93.4 Å². The summed E-state index contributed by atoms with van der Waals surface area (Å²) in [7, 11) is 0. The van der Waals surface area contributed by atoms with Gasteiger partial charge in [-0.25, -0.2) is 0 Å². The van der Waals surface area contributed by atoms with E-state index in [4.69, 9.17) is 24.1 Å². The van der Waals surface area contributed by atoms with Gasteiger partial charge in [0, 0.05) is 6.61 Å². The molecule has 2 rings (SSSR count). The first-order valence-corrected chi connectivity index (χ1v) is 12.5. The van der Waals surface area contributed by atoms with E-state index in [1.54, 1.807) is 25.2 Å². The number of aliphatic hydroxyl groups excluding tert-OH is 9. The van der Waals surface area contributed by atoms with Gasteiger partial charge in [-0.3, -0.25) is 0 Å². The second kappa shape index (κ2) is 17.0. The third kappa shape index (κ3) is 9.60. The molecule has 0 amide bonds. The second-order valence-corrected chi connectivity index (χ2v) is 8.92. The standard InChI is InChI=1S/C26H38O13/c1-2-3-4-5-7-10-15(29)16(11-8-6-9-12-27)37-26-24(35)22(33)20(31)18(39-26)14-36-25-23(34)21(32)19(30)17(13-28)38-25/h2-3,8,11,15-35H,6,9,12-14H2,1H3/b3-2+,11-8+. The molecule has 2 fully saturated rings. The Kier molecular flexibility index (Phi) is 14.5. The summed E-state index contributed by atoms with van der Waals surface area (Å²) in [5, 5.41) is 90.1. The quantitative estimate of drug-likeness (QED) is 0.0677. The van der Waals surface area contributed by atoms with Gasteiger partial charge in [-0.2, -0.15) is 0 Å². The zero-order chi connectivity index (χ0) is 28.9. The predicted octanol–water partition coefficient (Wildman–Crippen LogP) is -3.73. The van der Waals surface area contributed by atoms with Gasteiger partial charge < -0.3 is 64.9 Å². The van der Waals surface area contributed by atoms with Crippen LogP contribution in [0.15, 0.2) is 24.3 Å². The highest BCUT2D eigenvalue weighted by Gasteiger charge is 2.48. The molecule has 0 aliphatic carbocycles. The first-order valence-electron chi connectivity index (χ1n) is 12.5. The zero-order valence-corrected chi connectivity index (χ0v) is 21.4. The van der Waals surface area contributed by atoms with Gasteiger partial charge in [-0.15, -0.1) is 0 Å². The summed E-state index contributed by atoms with van der Waals surface area (Å²) in [6.45, 7) is 0.519. The normalized spacial score (nSPS) is 36.7. The van der Waals surface area contributed by atoms with Crippen LogP contribution in [0.3, 0.4) is 0 Å². The number of hydrogen-bond acceptors (Lipinski definition) is 13. The van der Waals surface area contributed by atoms with E-state index in [1.165, 1.54) is 6.08 Å². The second-order valence-electron chi connectivity index (χ2n) is 8.92. The summed E-state index contributed by atoms with van der Waals surface area (Å²) < 4.78 is 22.0. The van der Waals surface area contributed by atoms with Crippen LogP contribution >= 0.6 is 0 Å². The number of unbranched alkanes of at least 4 members (excludes halogenated alkanes) is 1. The summed E-state index contributed by atoms with van der Waals surface area (Å²) >= 11 is 0. The van der Waals surface area contributed by atoms with E-state index in [9.17, 15) is 40.9 Å². The first-order chi connectivity index (χ1) is 18.7. The molecule has 2 heterocycles. The zero-order valence-electron chi connectivity index (χ0n) is 21.4. The molecule has 39 heavy (non-hydrogen) atoms. The highest BCUT2D eigenvalue weighted by Crippen LogP contribution is 2.27. The van der Waals surface area contributed by atoms with Gasteiger partial charge in [0.1, 0.15) is 61.0 Å². The Morgan fingerprint density at radius 1 is 0.846 bits per heavy atom. The van der Waals surface area contributed by atoms with Crippen molar-refractivity contribution in [3.05, 3.63) is 24.3 Å². The van der Waals surface area contributed by atoms with Crippen molar-refractivity contribution < 1.29 is 64.9 Å². The third-order valence-corrected chi connectivity index (χ3v) is 6.00. The molecule has 13 heteroatoms. The Morgan fingerprint density at radius 2 is 1.49 bits per heavy atom. The summed E-state index contributed by atoms with van der Waals surface area (Å²) in [5.41, 5.74) is 0. The van der Waals surface area contributed by atoms with Crippen molar-refractivity contribution in [2.24, 2.45) is 0 Å². The third-order valence-electron chi connectivity index (χ3n) is 6.00. The van der Waals surface area contributed by atoms with E-state index in [0.29, 0.717) is 12.8 Å². The fraction of sp³-hybridized carbons (Fsp3) is 0.692. The van der Waals surface area contributed by atoms with Crippen molar-refractivity contribution in [2.75, 3.05) is 19.8 Å². The Balaban J connectivity index is 2.13. The Labute approximate surface area is 226 Å². The molecule has 9 N–H and O–H groups in total. The summed E-state index contributed by atoms with van der Waals surface area (Å²) in [6.07, 6.45) is -11.2. The molecule has 0 aromatic rings. The fourth-order valence-electron chi connectivity index (χ4n) is 3.73. The smallest absolute Gasteiger partial charge is 0.187 e. The highest BCUT2D eigenvalue weighted by molar-refractivity contribution is 5.32. The van der Waals surface area contributed by atoms with Crippen molar-refractivity contribution >= 4 is 0 Å². The summed E-state index contributed by atoms with van der Waals surface area (Å²) in [4.78, 5) is 0. The number of aliphatic hydroxyl groups is 9. The fourth-order valence-corrected chi connectivity index (χ4v) is 3.73. The van der Waals surface area contributed by atoms with E-state index in [2.05, 4.69) is 23.7 Å². The summed E-state index contributed by atoms with van der Waals surface area (Å²) in [6, 6.07) is 0. The Morgan fingerprint density at radius 3 is 2.13 bits per heavy atom. The highest BCUT2D eigenvalue weighted by atomic mass is 16.7. The van der Waals surface area contributed by atoms with Crippen LogP contribution in [-0.2, 0) is 18.9 Å². The van der Waals surface area contributed by atoms with Crippen LogP contribution < -0.4 is 0 Å². The average molecular weight is 559 g/mol. The minimum Gasteiger partial charge on any atom is -0.396 e. The average Bonchev–Trinajstić information content (AvgIpc) is 2.93. The number of ether oxygens (including phenoxy) is 4. The summed E-state index contributed by atoms with van der Waals surface area (Å²) in [5.74, 6) is 10.1. The molecule has 12 atom stereocenters. The molecule has 0 aromatic carbocycles. The number of rotatable bonds is 11. The van der Waals surface area contributed by atoms with E-state index >= 15 is 0 Å². The maximum absolute atomic E-state index is 10.6. The van der Waals surface area contributed by atoms with Gasteiger partial charge >= 0.3 is 0 Å². The van der Waals surface area contributed by atoms with E-state index in [0.717, 1.165) is 0 Å². The van der Waals surface area contributed by atoms with Gasteiger partial charge in [0.2, 0.25) is 0 Å². The first kappa shape index (κ1) is 33.3. The molecular formula is C26H38O13. The molecule has 0 aromatic heterocycles. The van der Waals surface area contributed by atoms with Crippen LogP contribution in [0, 0.1) is 23.7 Å². The molecule has 220 valence electrons. The van der Waals surface area contributed by atoms with Crippen LogP contribution in [-0.4, -0.2) is 139 Å². The van der Waals surface area contributed by atoms with Gasteiger partial charge in [0.15, 0.2) is 12.6 Å². The predicted molar refractivity (Wildman–Crippen MR) is 133 cm³/mol. The van der Waals surface area contributed by atoms with E-state index < -0.39 is 86.8 Å². The molecule has 2 aliphatic heterocycles. The number of allylic oxidation sites excluding steroid dienone is 3. The Hall–Kier alpha value is -1.92.